The molecule has 0 bridgehead atoms. The second-order valence-electron chi connectivity index (χ2n) is 4.48. The fraction of sp³-hybridized carbons (Fsp3) is 0.615. The van der Waals surface area contributed by atoms with Crippen LogP contribution >= 0.6 is 0 Å². The van der Waals surface area contributed by atoms with E-state index in [1.54, 1.807) is 12.5 Å². The fourth-order valence-electron chi connectivity index (χ4n) is 2.39. The predicted octanol–water partition coefficient (Wildman–Crippen LogP) is 2.33. The molecule has 1 aliphatic heterocycles. The molecule has 1 atom stereocenters. The molecule has 17 heavy (non-hydrogen) atoms. The Balaban J connectivity index is 2.15. The summed E-state index contributed by atoms with van der Waals surface area (Å²) < 4.78 is 0. The molecule has 2 heterocycles. The van der Waals surface area contributed by atoms with Crippen molar-refractivity contribution in [2.45, 2.75) is 45.1 Å². The zero-order valence-corrected chi connectivity index (χ0v) is 10.3. The standard InChI is InChI=1S/C13H19N3O/c1-2-5-13(17)16-9-4-3-6-12(16)11-7-8-14-10-15-11/h7-8,10,12H,2-6,9H2,1H3. The van der Waals surface area contributed by atoms with Crippen LogP contribution in [0, 0.1) is 0 Å². The van der Waals surface area contributed by atoms with Crippen LogP contribution in [-0.2, 0) is 4.79 Å². The van der Waals surface area contributed by atoms with Gasteiger partial charge in [0.05, 0.1) is 11.7 Å². The van der Waals surface area contributed by atoms with Gasteiger partial charge in [0.25, 0.3) is 0 Å². The molecule has 1 aliphatic rings. The molecule has 2 rings (SSSR count). The summed E-state index contributed by atoms with van der Waals surface area (Å²) >= 11 is 0. The average molecular weight is 233 g/mol. The molecule has 0 aliphatic carbocycles. The Morgan fingerprint density at radius 2 is 2.41 bits per heavy atom. The maximum Gasteiger partial charge on any atom is 0.223 e. The van der Waals surface area contributed by atoms with E-state index in [4.69, 9.17) is 0 Å². The molecular formula is C13H19N3O. The van der Waals surface area contributed by atoms with Crippen LogP contribution in [0.4, 0.5) is 0 Å². The van der Waals surface area contributed by atoms with Crippen molar-refractivity contribution >= 4 is 5.91 Å². The third kappa shape index (κ3) is 2.81. The van der Waals surface area contributed by atoms with Gasteiger partial charge in [-0.15, -0.1) is 0 Å². The zero-order valence-electron chi connectivity index (χ0n) is 10.3. The highest BCUT2D eigenvalue weighted by Gasteiger charge is 2.27. The number of nitrogens with zero attached hydrogens (tertiary/aromatic N) is 3. The van der Waals surface area contributed by atoms with Crippen molar-refractivity contribution in [3.05, 3.63) is 24.3 Å². The van der Waals surface area contributed by atoms with Gasteiger partial charge in [-0.25, -0.2) is 9.97 Å². The normalized spacial score (nSPS) is 20.3. The van der Waals surface area contributed by atoms with Crippen LogP contribution in [0.15, 0.2) is 18.6 Å². The van der Waals surface area contributed by atoms with E-state index in [0.29, 0.717) is 6.42 Å². The lowest BCUT2D eigenvalue weighted by molar-refractivity contribution is -0.135. The van der Waals surface area contributed by atoms with Crippen LogP contribution in [0.1, 0.15) is 50.8 Å². The summed E-state index contributed by atoms with van der Waals surface area (Å²) in [6.07, 6.45) is 8.16. The second kappa shape index (κ2) is 5.75. The number of hydrogen-bond acceptors (Lipinski definition) is 3. The maximum atomic E-state index is 12.1. The number of likely N-dealkylation sites (tertiary alicyclic amines) is 1. The third-order valence-electron chi connectivity index (χ3n) is 3.23. The summed E-state index contributed by atoms with van der Waals surface area (Å²) in [6.45, 7) is 2.91. The monoisotopic (exact) mass is 233 g/mol. The first kappa shape index (κ1) is 12.0. The molecule has 1 aromatic rings. The summed E-state index contributed by atoms with van der Waals surface area (Å²) in [5.41, 5.74) is 0.976. The van der Waals surface area contributed by atoms with E-state index >= 15 is 0 Å². The van der Waals surface area contributed by atoms with Gasteiger partial charge in [0.2, 0.25) is 5.91 Å². The molecule has 1 aromatic heterocycles. The summed E-state index contributed by atoms with van der Waals surface area (Å²) in [4.78, 5) is 22.3. The number of carbonyl (C=O) groups is 1. The Labute approximate surface area is 102 Å². The Kier molecular flexibility index (Phi) is 4.07. The van der Waals surface area contributed by atoms with Crippen LogP contribution in [0.3, 0.4) is 0 Å². The molecule has 1 amide bonds. The summed E-state index contributed by atoms with van der Waals surface area (Å²) in [5.74, 6) is 0.260. The molecule has 1 fully saturated rings. The molecule has 0 spiro atoms. The van der Waals surface area contributed by atoms with Crippen molar-refractivity contribution in [1.29, 1.82) is 0 Å². The lowest BCUT2D eigenvalue weighted by atomic mass is 9.98. The van der Waals surface area contributed by atoms with Gasteiger partial charge in [0.1, 0.15) is 6.33 Å². The Hall–Kier alpha value is -1.45. The number of piperidine rings is 1. The Bertz CT molecular complexity index is 366. The SMILES string of the molecule is CCCC(=O)N1CCCCC1c1ccncn1. The number of aromatic nitrogens is 2. The Morgan fingerprint density at radius 1 is 1.53 bits per heavy atom. The summed E-state index contributed by atoms with van der Waals surface area (Å²) in [5, 5.41) is 0. The lowest BCUT2D eigenvalue weighted by Gasteiger charge is -2.35. The van der Waals surface area contributed by atoms with Gasteiger partial charge in [-0.1, -0.05) is 6.92 Å². The highest BCUT2D eigenvalue weighted by molar-refractivity contribution is 5.76. The molecule has 4 heteroatoms. The average Bonchev–Trinajstić information content (AvgIpc) is 2.40. The van der Waals surface area contributed by atoms with E-state index < -0.39 is 0 Å². The zero-order chi connectivity index (χ0) is 12.1. The molecule has 0 radical (unpaired) electrons. The number of carbonyl (C=O) groups excluding carboxylic acids is 1. The van der Waals surface area contributed by atoms with Gasteiger partial charge in [0, 0.05) is 19.2 Å². The van der Waals surface area contributed by atoms with E-state index in [0.717, 1.165) is 31.5 Å². The minimum absolute atomic E-state index is 0.158. The van der Waals surface area contributed by atoms with Crippen LogP contribution in [0.2, 0.25) is 0 Å². The second-order valence-corrected chi connectivity index (χ2v) is 4.48. The fourth-order valence-corrected chi connectivity index (χ4v) is 2.39. The largest absolute Gasteiger partial charge is 0.334 e. The summed E-state index contributed by atoms with van der Waals surface area (Å²) in [7, 11) is 0. The topological polar surface area (TPSA) is 46.1 Å². The number of amides is 1. The number of hydrogen-bond donors (Lipinski definition) is 0. The van der Waals surface area contributed by atoms with E-state index in [2.05, 4.69) is 9.97 Å². The van der Waals surface area contributed by atoms with Crippen molar-refractivity contribution in [3.63, 3.8) is 0 Å². The lowest BCUT2D eigenvalue weighted by Crippen LogP contribution is -2.38. The van der Waals surface area contributed by atoms with Crippen molar-refractivity contribution in [3.8, 4) is 0 Å². The van der Waals surface area contributed by atoms with Gasteiger partial charge >= 0.3 is 0 Å². The predicted molar refractivity (Wildman–Crippen MR) is 65.2 cm³/mol. The first-order valence-electron chi connectivity index (χ1n) is 6.38. The van der Waals surface area contributed by atoms with Crippen molar-refractivity contribution < 1.29 is 4.79 Å². The highest BCUT2D eigenvalue weighted by atomic mass is 16.2. The molecule has 0 saturated carbocycles. The van der Waals surface area contributed by atoms with Crippen molar-refractivity contribution in [2.24, 2.45) is 0 Å². The van der Waals surface area contributed by atoms with Gasteiger partial charge < -0.3 is 4.90 Å². The molecule has 1 saturated heterocycles. The van der Waals surface area contributed by atoms with Crippen molar-refractivity contribution in [1.82, 2.24) is 14.9 Å². The van der Waals surface area contributed by atoms with E-state index in [-0.39, 0.29) is 11.9 Å². The van der Waals surface area contributed by atoms with Crippen LogP contribution in [-0.4, -0.2) is 27.3 Å². The minimum Gasteiger partial charge on any atom is -0.334 e. The van der Waals surface area contributed by atoms with Crippen molar-refractivity contribution in [2.75, 3.05) is 6.54 Å². The number of rotatable bonds is 3. The van der Waals surface area contributed by atoms with Crippen LogP contribution < -0.4 is 0 Å². The van der Waals surface area contributed by atoms with Gasteiger partial charge in [-0.2, -0.15) is 0 Å². The first-order valence-corrected chi connectivity index (χ1v) is 6.38. The highest BCUT2D eigenvalue weighted by Crippen LogP contribution is 2.29. The van der Waals surface area contributed by atoms with E-state index in [1.165, 1.54) is 6.42 Å². The quantitative estimate of drug-likeness (QED) is 0.805. The maximum absolute atomic E-state index is 12.1. The molecular weight excluding hydrogens is 214 g/mol. The third-order valence-corrected chi connectivity index (χ3v) is 3.23. The molecule has 92 valence electrons. The van der Waals surface area contributed by atoms with E-state index in [1.807, 2.05) is 17.9 Å². The van der Waals surface area contributed by atoms with Gasteiger partial charge in [-0.3, -0.25) is 4.79 Å². The smallest absolute Gasteiger partial charge is 0.223 e. The Morgan fingerprint density at radius 3 is 3.12 bits per heavy atom. The van der Waals surface area contributed by atoms with Crippen LogP contribution in [0.25, 0.3) is 0 Å². The van der Waals surface area contributed by atoms with E-state index in [9.17, 15) is 4.79 Å². The van der Waals surface area contributed by atoms with Crippen LogP contribution in [0.5, 0.6) is 0 Å². The molecule has 4 nitrogen and oxygen atoms in total. The minimum atomic E-state index is 0.158. The molecule has 0 N–H and O–H groups in total. The van der Waals surface area contributed by atoms with Gasteiger partial charge in [0.15, 0.2) is 0 Å². The summed E-state index contributed by atoms with van der Waals surface area (Å²) in [6, 6.07) is 2.08. The first-order chi connectivity index (χ1) is 8.33. The molecule has 1 unspecified atom stereocenters. The van der Waals surface area contributed by atoms with Gasteiger partial charge in [-0.05, 0) is 31.7 Å². The molecule has 0 aromatic carbocycles.